The van der Waals surface area contributed by atoms with Gasteiger partial charge in [0, 0.05) is 12.1 Å². The van der Waals surface area contributed by atoms with Crippen LogP contribution in [0.1, 0.15) is 91.0 Å². The van der Waals surface area contributed by atoms with Crippen molar-refractivity contribution in [3.8, 4) is 0 Å². The number of ether oxygens (including phenoxy) is 1. The molecule has 0 spiro atoms. The molecule has 0 aromatic heterocycles. The highest BCUT2D eigenvalue weighted by Gasteiger charge is 2.24. The number of carbonyl (C=O) groups is 1. The first kappa shape index (κ1) is 27.4. The van der Waals surface area contributed by atoms with E-state index in [0.717, 1.165) is 25.3 Å². The summed E-state index contributed by atoms with van der Waals surface area (Å²) in [6.45, 7) is 7.91. The molecule has 0 heterocycles. The molecular weight excluding hydrogens is 407 g/mol. The van der Waals surface area contributed by atoms with E-state index in [1.54, 1.807) is 0 Å². The normalized spacial score (nSPS) is 13.9. The molecule has 0 amide bonds. The number of hydrogen-bond donors (Lipinski definition) is 2. The molecule has 1 aromatic carbocycles. The quantitative estimate of drug-likeness (QED) is 0.187. The first-order valence-corrected chi connectivity index (χ1v) is 11.3. The fourth-order valence-electron chi connectivity index (χ4n) is 3.54. The number of halogens is 3. The van der Waals surface area contributed by atoms with Gasteiger partial charge < -0.3 is 9.84 Å². The molecule has 178 valence electrons. The summed E-state index contributed by atoms with van der Waals surface area (Å²) in [5.41, 5.74) is -0.525. The lowest BCUT2D eigenvalue weighted by molar-refractivity contribution is -0.138. The molecule has 0 radical (unpaired) electrons. The number of rotatable bonds is 15. The fraction of sp³-hybridized carbons (Fsp3) is 0.708. The Labute approximate surface area is 184 Å². The Balaban J connectivity index is 2.79. The summed E-state index contributed by atoms with van der Waals surface area (Å²) >= 11 is 0. The highest BCUT2D eigenvalue weighted by molar-refractivity contribution is 5.67. The summed E-state index contributed by atoms with van der Waals surface area (Å²) in [4.78, 5) is 11.3. The zero-order chi connectivity index (χ0) is 23.4. The monoisotopic (exact) mass is 445 g/mol. The Morgan fingerprint density at radius 3 is 2.16 bits per heavy atom. The zero-order valence-electron chi connectivity index (χ0n) is 19.3. The maximum atomic E-state index is 14.1. The first-order chi connectivity index (χ1) is 14.5. The van der Waals surface area contributed by atoms with E-state index in [9.17, 15) is 23.1 Å². The van der Waals surface area contributed by atoms with Crippen LogP contribution < -0.4 is 5.32 Å². The van der Waals surface area contributed by atoms with Crippen molar-refractivity contribution in [1.29, 1.82) is 0 Å². The first-order valence-electron chi connectivity index (χ1n) is 11.3. The Morgan fingerprint density at radius 2 is 1.58 bits per heavy atom. The molecule has 0 fully saturated rings. The molecule has 1 rings (SSSR count). The summed E-state index contributed by atoms with van der Waals surface area (Å²) in [6, 6.07) is 0.593. The molecule has 31 heavy (non-hydrogen) atoms. The third-order valence-corrected chi connectivity index (χ3v) is 4.96. The van der Waals surface area contributed by atoms with Crippen molar-refractivity contribution in [1.82, 2.24) is 5.32 Å². The molecule has 0 aliphatic carbocycles. The summed E-state index contributed by atoms with van der Waals surface area (Å²) in [7, 11) is 0. The van der Waals surface area contributed by atoms with Gasteiger partial charge in [0.05, 0.1) is 12.0 Å². The number of nitrogens with one attached hydrogen (secondary N) is 1. The largest absolute Gasteiger partial charge is 0.481 e. The van der Waals surface area contributed by atoms with Gasteiger partial charge in [-0.05, 0) is 51.7 Å². The van der Waals surface area contributed by atoms with Gasteiger partial charge in [0.15, 0.2) is 11.6 Å². The number of carboxylic acids is 1. The number of hydrogen-bond acceptors (Lipinski definition) is 3. The molecule has 0 saturated carbocycles. The molecule has 0 bridgehead atoms. The Morgan fingerprint density at radius 1 is 1.00 bits per heavy atom. The van der Waals surface area contributed by atoms with Gasteiger partial charge in [-0.3, -0.25) is 10.1 Å². The Hall–Kier alpha value is -1.60. The minimum Gasteiger partial charge on any atom is -0.481 e. The van der Waals surface area contributed by atoms with Crippen molar-refractivity contribution in [3.63, 3.8) is 0 Å². The van der Waals surface area contributed by atoms with Crippen molar-refractivity contribution in [2.45, 2.75) is 110 Å². The maximum absolute atomic E-state index is 14.1. The van der Waals surface area contributed by atoms with Gasteiger partial charge in [-0.15, -0.1) is 0 Å². The predicted molar refractivity (Wildman–Crippen MR) is 116 cm³/mol. The van der Waals surface area contributed by atoms with Gasteiger partial charge >= 0.3 is 5.97 Å². The Bertz CT molecular complexity index is 677. The number of carboxylic acid groups (broad SMARTS) is 1. The lowest BCUT2D eigenvalue weighted by atomic mass is 10.0. The molecule has 4 nitrogen and oxygen atoms in total. The van der Waals surface area contributed by atoms with Crippen LogP contribution in [0.4, 0.5) is 13.2 Å². The van der Waals surface area contributed by atoms with Gasteiger partial charge in [-0.1, -0.05) is 45.4 Å². The lowest BCUT2D eigenvalue weighted by Gasteiger charge is -2.31. The van der Waals surface area contributed by atoms with E-state index in [1.807, 2.05) is 20.8 Å². The average Bonchev–Trinajstić information content (AvgIpc) is 2.63. The van der Waals surface area contributed by atoms with E-state index in [2.05, 4.69) is 12.2 Å². The van der Waals surface area contributed by atoms with Gasteiger partial charge in [0.1, 0.15) is 12.0 Å². The second kappa shape index (κ2) is 13.7. The zero-order valence-corrected chi connectivity index (χ0v) is 19.3. The summed E-state index contributed by atoms with van der Waals surface area (Å²) < 4.78 is 47.0. The van der Waals surface area contributed by atoms with Crippen molar-refractivity contribution < 1.29 is 27.8 Å². The third-order valence-electron chi connectivity index (χ3n) is 4.96. The maximum Gasteiger partial charge on any atom is 0.304 e. The Kier molecular flexibility index (Phi) is 12.2. The van der Waals surface area contributed by atoms with E-state index in [1.165, 1.54) is 25.7 Å². The summed E-state index contributed by atoms with van der Waals surface area (Å²) in [5.74, 6) is -4.38. The highest BCUT2D eigenvalue weighted by atomic mass is 19.2. The molecule has 1 aromatic rings. The molecule has 2 unspecified atom stereocenters. The number of unbranched alkanes of at least 4 members (excludes halogenated alkanes) is 6. The van der Waals surface area contributed by atoms with Gasteiger partial charge in [-0.2, -0.15) is 0 Å². The van der Waals surface area contributed by atoms with Crippen LogP contribution in [0.3, 0.4) is 0 Å². The minimum absolute atomic E-state index is 0.0666. The fourth-order valence-corrected chi connectivity index (χ4v) is 3.54. The van der Waals surface area contributed by atoms with E-state index >= 15 is 0 Å². The lowest BCUT2D eigenvalue weighted by Crippen LogP contribution is -2.45. The average molecular weight is 446 g/mol. The highest BCUT2D eigenvalue weighted by Crippen LogP contribution is 2.20. The van der Waals surface area contributed by atoms with Gasteiger partial charge in [0.2, 0.25) is 0 Å². The molecule has 2 atom stereocenters. The van der Waals surface area contributed by atoms with Crippen LogP contribution in [0.15, 0.2) is 12.1 Å². The minimum atomic E-state index is -1.27. The van der Waals surface area contributed by atoms with Crippen molar-refractivity contribution >= 4 is 5.97 Å². The standard InChI is InChI=1S/C24H38F3NO3/c1-5-6-7-8-9-10-11-12-22(31-24(2,3)4)28-18(15-23(29)30)13-17-14-20(26)21(27)16-19(17)25/h14,16,18,22,28H,5-13,15H2,1-4H3,(H,29,30). The molecule has 2 N–H and O–H groups in total. The van der Waals surface area contributed by atoms with Crippen molar-refractivity contribution in [2.24, 2.45) is 0 Å². The van der Waals surface area contributed by atoms with Crippen LogP contribution in [-0.2, 0) is 16.0 Å². The van der Waals surface area contributed by atoms with Crippen LogP contribution in [0.2, 0.25) is 0 Å². The predicted octanol–water partition coefficient (Wildman–Crippen LogP) is 6.36. The van der Waals surface area contributed by atoms with Gasteiger partial charge in [0.25, 0.3) is 0 Å². The number of benzene rings is 1. The third kappa shape index (κ3) is 12.1. The topological polar surface area (TPSA) is 58.6 Å². The second-order valence-electron chi connectivity index (χ2n) is 9.15. The second-order valence-corrected chi connectivity index (χ2v) is 9.15. The summed E-state index contributed by atoms with van der Waals surface area (Å²) in [5, 5.41) is 12.5. The van der Waals surface area contributed by atoms with Crippen LogP contribution in [0, 0.1) is 17.5 Å². The van der Waals surface area contributed by atoms with Crippen molar-refractivity contribution in [3.05, 3.63) is 35.1 Å². The van der Waals surface area contributed by atoms with E-state index in [0.29, 0.717) is 12.5 Å². The van der Waals surface area contributed by atoms with E-state index in [4.69, 9.17) is 4.74 Å². The summed E-state index contributed by atoms with van der Waals surface area (Å²) in [6.07, 6.45) is 7.87. The van der Waals surface area contributed by atoms with E-state index < -0.39 is 41.3 Å². The number of aliphatic carboxylic acids is 1. The molecule has 7 heteroatoms. The smallest absolute Gasteiger partial charge is 0.304 e. The van der Waals surface area contributed by atoms with Crippen LogP contribution in [0.25, 0.3) is 0 Å². The SMILES string of the molecule is CCCCCCCCCC(NC(CC(=O)O)Cc1cc(F)c(F)cc1F)OC(C)(C)C. The molecule has 0 aliphatic rings. The van der Waals surface area contributed by atoms with E-state index in [-0.39, 0.29) is 18.4 Å². The van der Waals surface area contributed by atoms with Gasteiger partial charge in [-0.25, -0.2) is 13.2 Å². The van der Waals surface area contributed by atoms with Crippen LogP contribution in [-0.4, -0.2) is 28.9 Å². The van der Waals surface area contributed by atoms with Crippen molar-refractivity contribution in [2.75, 3.05) is 0 Å². The van der Waals surface area contributed by atoms with Crippen LogP contribution in [0.5, 0.6) is 0 Å². The molecule has 0 saturated heterocycles. The molecular formula is C24H38F3NO3. The van der Waals surface area contributed by atoms with Crippen LogP contribution >= 0.6 is 0 Å². The molecule has 0 aliphatic heterocycles.